The SMILES string of the molecule is CSCCCN1CCC[C@@H](C(=O)c2cccc(C(F)(F)F)c2)C1. The largest absolute Gasteiger partial charge is 0.416 e. The van der Waals surface area contributed by atoms with E-state index >= 15 is 0 Å². The van der Waals surface area contributed by atoms with Crippen molar-refractivity contribution >= 4 is 17.5 Å². The standard InChI is InChI=1S/C17H22F3NOS/c1-23-10-4-9-21-8-3-6-14(12-21)16(22)13-5-2-7-15(11-13)17(18,19)20/h2,5,7,11,14H,3-4,6,8-10,12H2,1H3/t14-/m1/s1. The molecule has 0 saturated carbocycles. The molecule has 23 heavy (non-hydrogen) atoms. The van der Waals surface area contributed by atoms with Crippen LogP contribution in [0.4, 0.5) is 13.2 Å². The first kappa shape index (κ1) is 18.3. The number of alkyl halides is 3. The molecule has 1 aromatic rings. The second-order valence-corrected chi connectivity index (χ2v) is 6.91. The lowest BCUT2D eigenvalue weighted by Gasteiger charge is -2.32. The van der Waals surface area contributed by atoms with Gasteiger partial charge in [0.15, 0.2) is 5.78 Å². The van der Waals surface area contributed by atoms with Crippen LogP contribution in [0, 0.1) is 5.92 Å². The van der Waals surface area contributed by atoms with Gasteiger partial charge in [-0.2, -0.15) is 24.9 Å². The van der Waals surface area contributed by atoms with Gasteiger partial charge >= 0.3 is 6.18 Å². The van der Waals surface area contributed by atoms with Gasteiger partial charge in [0, 0.05) is 18.0 Å². The highest BCUT2D eigenvalue weighted by Gasteiger charge is 2.32. The molecule has 0 bridgehead atoms. The van der Waals surface area contributed by atoms with Gasteiger partial charge in [-0.3, -0.25) is 4.79 Å². The Morgan fingerprint density at radius 1 is 1.39 bits per heavy atom. The van der Waals surface area contributed by atoms with E-state index in [1.165, 1.54) is 12.1 Å². The summed E-state index contributed by atoms with van der Waals surface area (Å²) >= 11 is 1.80. The molecular weight excluding hydrogens is 323 g/mol. The lowest BCUT2D eigenvalue weighted by molar-refractivity contribution is -0.137. The van der Waals surface area contributed by atoms with Crippen molar-refractivity contribution in [2.24, 2.45) is 5.92 Å². The van der Waals surface area contributed by atoms with E-state index in [1.54, 1.807) is 11.8 Å². The Balaban J connectivity index is 2.02. The van der Waals surface area contributed by atoms with Crippen LogP contribution in [0.1, 0.15) is 35.2 Å². The molecule has 1 heterocycles. The van der Waals surface area contributed by atoms with Gasteiger partial charge in [-0.25, -0.2) is 0 Å². The van der Waals surface area contributed by atoms with Crippen LogP contribution in [0.3, 0.4) is 0 Å². The van der Waals surface area contributed by atoms with E-state index < -0.39 is 11.7 Å². The summed E-state index contributed by atoms with van der Waals surface area (Å²) < 4.78 is 38.4. The van der Waals surface area contributed by atoms with Crippen molar-refractivity contribution in [2.45, 2.75) is 25.4 Å². The summed E-state index contributed by atoms with van der Waals surface area (Å²) in [4.78, 5) is 14.8. The Morgan fingerprint density at radius 2 is 2.17 bits per heavy atom. The summed E-state index contributed by atoms with van der Waals surface area (Å²) in [6.45, 7) is 2.58. The predicted octanol–water partition coefficient (Wildman–Crippen LogP) is 4.35. The average molecular weight is 345 g/mol. The van der Waals surface area contributed by atoms with Gasteiger partial charge in [0.25, 0.3) is 0 Å². The van der Waals surface area contributed by atoms with Crippen LogP contribution in [0.15, 0.2) is 24.3 Å². The van der Waals surface area contributed by atoms with Crippen LogP contribution in [-0.4, -0.2) is 42.3 Å². The molecule has 0 aromatic heterocycles. The highest BCUT2D eigenvalue weighted by atomic mass is 32.2. The molecule has 1 fully saturated rings. The van der Waals surface area contributed by atoms with Crippen LogP contribution >= 0.6 is 11.8 Å². The van der Waals surface area contributed by atoms with Crippen molar-refractivity contribution in [3.8, 4) is 0 Å². The number of hydrogen-bond acceptors (Lipinski definition) is 3. The topological polar surface area (TPSA) is 20.3 Å². The zero-order chi connectivity index (χ0) is 16.9. The second-order valence-electron chi connectivity index (χ2n) is 5.93. The van der Waals surface area contributed by atoms with Crippen LogP contribution in [-0.2, 0) is 6.18 Å². The molecule has 0 aliphatic carbocycles. The number of halogens is 3. The molecule has 6 heteroatoms. The monoisotopic (exact) mass is 345 g/mol. The van der Waals surface area contributed by atoms with Gasteiger partial charge in [0.2, 0.25) is 0 Å². The molecule has 0 amide bonds. The summed E-state index contributed by atoms with van der Waals surface area (Å²) in [6.07, 6.45) is 0.414. The highest BCUT2D eigenvalue weighted by molar-refractivity contribution is 7.98. The number of nitrogens with zero attached hydrogens (tertiary/aromatic N) is 1. The highest BCUT2D eigenvalue weighted by Crippen LogP contribution is 2.30. The van der Waals surface area contributed by atoms with Crippen LogP contribution < -0.4 is 0 Å². The van der Waals surface area contributed by atoms with E-state index in [9.17, 15) is 18.0 Å². The molecule has 1 aliphatic heterocycles. The van der Waals surface area contributed by atoms with E-state index in [0.717, 1.165) is 50.2 Å². The number of ketones is 1. The average Bonchev–Trinajstić information content (AvgIpc) is 2.54. The van der Waals surface area contributed by atoms with Gasteiger partial charge in [0.05, 0.1) is 5.56 Å². The zero-order valence-corrected chi connectivity index (χ0v) is 14.1. The molecule has 0 radical (unpaired) electrons. The molecule has 0 unspecified atom stereocenters. The maximum Gasteiger partial charge on any atom is 0.416 e. The molecule has 1 atom stereocenters. The quantitative estimate of drug-likeness (QED) is 0.565. The van der Waals surface area contributed by atoms with Gasteiger partial charge < -0.3 is 4.90 Å². The number of benzene rings is 1. The Hall–Kier alpha value is -1.01. The number of likely N-dealkylation sites (tertiary alicyclic amines) is 1. The molecule has 1 aliphatic rings. The molecular formula is C17H22F3NOS. The maximum atomic E-state index is 12.8. The number of rotatable bonds is 6. The van der Waals surface area contributed by atoms with E-state index in [1.807, 2.05) is 0 Å². The van der Waals surface area contributed by atoms with Crippen molar-refractivity contribution < 1.29 is 18.0 Å². The summed E-state index contributed by atoms with van der Waals surface area (Å²) in [7, 11) is 0. The lowest BCUT2D eigenvalue weighted by Crippen LogP contribution is -2.39. The second kappa shape index (κ2) is 8.20. The molecule has 0 spiro atoms. The van der Waals surface area contributed by atoms with E-state index in [4.69, 9.17) is 0 Å². The number of thioether (sulfide) groups is 1. The van der Waals surface area contributed by atoms with Crippen LogP contribution in [0.25, 0.3) is 0 Å². The normalized spacial score (nSPS) is 19.7. The molecule has 1 saturated heterocycles. The maximum absolute atomic E-state index is 12.8. The summed E-state index contributed by atoms with van der Waals surface area (Å²) in [5.41, 5.74) is -0.577. The first-order chi connectivity index (χ1) is 10.9. The van der Waals surface area contributed by atoms with E-state index in [2.05, 4.69) is 11.2 Å². The first-order valence-corrected chi connectivity index (χ1v) is 9.24. The van der Waals surface area contributed by atoms with E-state index in [0.29, 0.717) is 6.54 Å². The third-order valence-corrected chi connectivity index (χ3v) is 4.87. The molecule has 2 rings (SSSR count). The summed E-state index contributed by atoms with van der Waals surface area (Å²) in [6, 6.07) is 4.79. The predicted molar refractivity (Wildman–Crippen MR) is 87.9 cm³/mol. The van der Waals surface area contributed by atoms with Crippen molar-refractivity contribution in [1.82, 2.24) is 4.90 Å². The molecule has 2 nitrogen and oxygen atoms in total. The lowest BCUT2D eigenvalue weighted by atomic mass is 9.89. The van der Waals surface area contributed by atoms with Gasteiger partial charge in [-0.1, -0.05) is 12.1 Å². The minimum absolute atomic E-state index is 0.161. The minimum Gasteiger partial charge on any atom is -0.303 e. The van der Waals surface area contributed by atoms with Gasteiger partial charge in [-0.15, -0.1) is 0 Å². The minimum atomic E-state index is -4.41. The van der Waals surface area contributed by atoms with E-state index in [-0.39, 0.29) is 17.3 Å². The third kappa shape index (κ3) is 5.24. The van der Waals surface area contributed by atoms with Gasteiger partial charge in [0.1, 0.15) is 0 Å². The number of carbonyl (C=O) groups excluding carboxylic acids is 1. The third-order valence-electron chi connectivity index (χ3n) is 4.17. The summed E-state index contributed by atoms with van der Waals surface area (Å²) in [5, 5.41) is 0. The van der Waals surface area contributed by atoms with Crippen LogP contribution in [0.5, 0.6) is 0 Å². The fourth-order valence-corrected chi connectivity index (χ4v) is 3.41. The Bertz CT molecular complexity index is 533. The fraction of sp³-hybridized carbons (Fsp3) is 0.588. The summed E-state index contributed by atoms with van der Waals surface area (Å²) in [5.74, 6) is 0.732. The number of Topliss-reactive ketones (excluding diaryl/α,β-unsaturated/α-hetero) is 1. The van der Waals surface area contributed by atoms with Crippen molar-refractivity contribution in [2.75, 3.05) is 31.6 Å². The smallest absolute Gasteiger partial charge is 0.303 e. The fourth-order valence-electron chi connectivity index (χ4n) is 2.99. The molecule has 1 aromatic carbocycles. The Kier molecular flexibility index (Phi) is 6.53. The van der Waals surface area contributed by atoms with Gasteiger partial charge in [-0.05, 0) is 56.5 Å². The number of hydrogen-bond donors (Lipinski definition) is 0. The first-order valence-electron chi connectivity index (χ1n) is 7.84. The van der Waals surface area contributed by atoms with Crippen molar-refractivity contribution in [3.63, 3.8) is 0 Å². The molecule has 128 valence electrons. The Labute approximate surface area is 139 Å². The molecule has 0 N–H and O–H groups in total. The van der Waals surface area contributed by atoms with Crippen molar-refractivity contribution in [1.29, 1.82) is 0 Å². The zero-order valence-electron chi connectivity index (χ0n) is 13.2. The van der Waals surface area contributed by atoms with Crippen LogP contribution in [0.2, 0.25) is 0 Å². The number of piperidine rings is 1. The van der Waals surface area contributed by atoms with Crippen molar-refractivity contribution in [3.05, 3.63) is 35.4 Å². The number of carbonyl (C=O) groups is 1. The Morgan fingerprint density at radius 3 is 2.87 bits per heavy atom.